The summed E-state index contributed by atoms with van der Waals surface area (Å²) in [6.45, 7) is 6.85. The van der Waals surface area contributed by atoms with Crippen LogP contribution in [-0.4, -0.2) is 103 Å². The number of ether oxygens (including phenoxy) is 2. The van der Waals surface area contributed by atoms with Gasteiger partial charge in [-0.25, -0.2) is 19.0 Å². The molecule has 1 atom stereocenters. The number of anilines is 1. The fourth-order valence-electron chi connectivity index (χ4n) is 4.64. The standard InChI is InChI=1S/C19H28FN3O2.2C2HF3O2/c20-17-3-1-7-21-18(17)23-9-12-25-15-19(14-23)6-2-8-22(13-19)16-4-10-24-11-5-16;2*3-2(4,5)1(6)7/h1,3,7,16H,2,4-6,8-15H2;2*(H,6,7). The van der Waals surface area contributed by atoms with Gasteiger partial charge in [-0.2, -0.15) is 26.3 Å². The van der Waals surface area contributed by atoms with Gasteiger partial charge in [-0.05, 0) is 44.4 Å². The van der Waals surface area contributed by atoms with E-state index in [1.54, 1.807) is 12.3 Å². The van der Waals surface area contributed by atoms with Gasteiger partial charge in [-0.15, -0.1) is 0 Å². The van der Waals surface area contributed by atoms with E-state index in [1.807, 2.05) is 0 Å². The highest BCUT2D eigenvalue weighted by Gasteiger charge is 2.42. The minimum atomic E-state index is -5.08. The van der Waals surface area contributed by atoms with Crippen LogP contribution in [0.2, 0.25) is 0 Å². The number of pyridine rings is 1. The second-order valence-electron chi connectivity index (χ2n) is 9.31. The van der Waals surface area contributed by atoms with Crippen molar-refractivity contribution in [1.82, 2.24) is 9.88 Å². The predicted octanol–water partition coefficient (Wildman–Crippen LogP) is 3.59. The number of halogens is 7. The van der Waals surface area contributed by atoms with Crippen LogP contribution in [0, 0.1) is 11.2 Å². The van der Waals surface area contributed by atoms with Crippen LogP contribution >= 0.6 is 0 Å². The zero-order valence-corrected chi connectivity index (χ0v) is 20.8. The first-order chi connectivity index (χ1) is 18.1. The van der Waals surface area contributed by atoms with Gasteiger partial charge in [0.05, 0.1) is 13.2 Å². The van der Waals surface area contributed by atoms with E-state index in [4.69, 9.17) is 29.3 Å². The number of aliphatic carboxylic acids is 2. The van der Waals surface area contributed by atoms with E-state index in [9.17, 15) is 30.7 Å². The molecule has 3 saturated heterocycles. The van der Waals surface area contributed by atoms with Crippen LogP contribution in [0.15, 0.2) is 18.3 Å². The topological polar surface area (TPSA) is 112 Å². The molecule has 39 heavy (non-hydrogen) atoms. The predicted molar refractivity (Wildman–Crippen MR) is 122 cm³/mol. The zero-order valence-electron chi connectivity index (χ0n) is 20.8. The van der Waals surface area contributed by atoms with Crippen molar-refractivity contribution in [2.75, 3.05) is 57.5 Å². The van der Waals surface area contributed by atoms with Crippen molar-refractivity contribution in [2.45, 2.75) is 44.1 Å². The third-order valence-corrected chi connectivity index (χ3v) is 6.36. The number of piperidine rings is 1. The van der Waals surface area contributed by atoms with Crippen molar-refractivity contribution in [2.24, 2.45) is 5.41 Å². The van der Waals surface area contributed by atoms with E-state index in [1.165, 1.54) is 12.5 Å². The van der Waals surface area contributed by atoms with Crippen LogP contribution in [0.1, 0.15) is 25.7 Å². The molecular weight excluding hydrogens is 547 g/mol. The number of hydrogen-bond acceptors (Lipinski definition) is 7. The molecule has 0 saturated carbocycles. The van der Waals surface area contributed by atoms with E-state index in [0.29, 0.717) is 25.0 Å². The first-order valence-corrected chi connectivity index (χ1v) is 12.0. The van der Waals surface area contributed by atoms with E-state index >= 15 is 0 Å². The smallest absolute Gasteiger partial charge is 0.475 e. The van der Waals surface area contributed by atoms with Gasteiger partial charge in [-0.1, -0.05) is 0 Å². The summed E-state index contributed by atoms with van der Waals surface area (Å²) >= 11 is 0. The minimum absolute atomic E-state index is 0.0665. The van der Waals surface area contributed by atoms with Crippen molar-refractivity contribution in [1.29, 1.82) is 0 Å². The second-order valence-corrected chi connectivity index (χ2v) is 9.31. The molecule has 0 aliphatic carbocycles. The quantitative estimate of drug-likeness (QED) is 0.510. The van der Waals surface area contributed by atoms with Crippen LogP contribution in [0.25, 0.3) is 0 Å². The Morgan fingerprint density at radius 2 is 1.54 bits per heavy atom. The molecule has 9 nitrogen and oxygen atoms in total. The number of likely N-dealkylation sites (tertiary alicyclic amines) is 1. The summed E-state index contributed by atoms with van der Waals surface area (Å²) in [6, 6.07) is 3.76. The Kier molecular flexibility index (Phi) is 11.7. The summed E-state index contributed by atoms with van der Waals surface area (Å²) in [7, 11) is 0. The molecule has 3 aliphatic heterocycles. The Balaban J connectivity index is 0.000000317. The number of aromatic nitrogens is 1. The molecule has 1 spiro atoms. The lowest BCUT2D eigenvalue weighted by molar-refractivity contribution is -0.193. The molecule has 4 rings (SSSR count). The van der Waals surface area contributed by atoms with E-state index in [2.05, 4.69) is 14.8 Å². The Hall–Kier alpha value is -2.72. The molecule has 3 fully saturated rings. The minimum Gasteiger partial charge on any atom is -0.475 e. The first-order valence-electron chi connectivity index (χ1n) is 12.0. The van der Waals surface area contributed by atoms with Gasteiger partial charge in [0.2, 0.25) is 0 Å². The first kappa shape index (κ1) is 32.5. The second kappa shape index (κ2) is 14.1. The van der Waals surface area contributed by atoms with Crippen LogP contribution in [-0.2, 0) is 19.1 Å². The largest absolute Gasteiger partial charge is 0.490 e. The van der Waals surface area contributed by atoms with Gasteiger partial charge < -0.3 is 24.6 Å². The lowest BCUT2D eigenvalue weighted by Gasteiger charge is -2.47. The molecule has 1 unspecified atom stereocenters. The molecule has 0 amide bonds. The van der Waals surface area contributed by atoms with Crippen LogP contribution in [0.3, 0.4) is 0 Å². The summed E-state index contributed by atoms with van der Waals surface area (Å²) in [4.78, 5) is 26.8. The van der Waals surface area contributed by atoms with E-state index in [0.717, 1.165) is 58.7 Å². The number of rotatable bonds is 2. The summed E-state index contributed by atoms with van der Waals surface area (Å²) < 4.78 is 89.2. The highest BCUT2D eigenvalue weighted by atomic mass is 19.4. The highest BCUT2D eigenvalue weighted by molar-refractivity contribution is 5.73. The summed E-state index contributed by atoms with van der Waals surface area (Å²) in [5.74, 6) is -5.28. The van der Waals surface area contributed by atoms with Crippen molar-refractivity contribution in [3.63, 3.8) is 0 Å². The third-order valence-electron chi connectivity index (χ3n) is 6.36. The molecule has 3 aliphatic rings. The molecule has 4 heterocycles. The lowest BCUT2D eigenvalue weighted by atomic mass is 9.79. The lowest BCUT2D eigenvalue weighted by Crippen LogP contribution is -2.54. The molecule has 0 bridgehead atoms. The van der Waals surface area contributed by atoms with Gasteiger partial charge in [0.25, 0.3) is 0 Å². The van der Waals surface area contributed by atoms with Crippen molar-refractivity contribution in [3.8, 4) is 0 Å². The number of alkyl halides is 6. The maximum Gasteiger partial charge on any atom is 0.490 e. The molecule has 0 aromatic carbocycles. The number of carboxylic acids is 2. The Morgan fingerprint density at radius 3 is 2.08 bits per heavy atom. The summed E-state index contributed by atoms with van der Waals surface area (Å²) in [5.41, 5.74) is 0.0665. The van der Waals surface area contributed by atoms with Gasteiger partial charge >= 0.3 is 24.3 Å². The molecule has 0 radical (unpaired) electrons. The maximum atomic E-state index is 14.3. The fourth-order valence-corrected chi connectivity index (χ4v) is 4.64. The number of carboxylic acid groups (broad SMARTS) is 2. The number of hydrogen-bond donors (Lipinski definition) is 2. The Bertz CT molecular complexity index is 920. The highest BCUT2D eigenvalue weighted by Crippen LogP contribution is 2.36. The molecule has 1 aromatic heterocycles. The van der Waals surface area contributed by atoms with Crippen molar-refractivity contribution >= 4 is 17.8 Å². The SMILES string of the molecule is Fc1cccnc1N1CCOCC2(CCCN(C3CCOCC3)C2)C1.O=C(O)C(F)(F)F.O=C(O)C(F)(F)F. The van der Waals surface area contributed by atoms with Crippen molar-refractivity contribution < 1.29 is 60.0 Å². The molecule has 1 aromatic rings. The summed E-state index contributed by atoms with van der Waals surface area (Å²) in [5, 5.41) is 14.2. The Labute approximate surface area is 219 Å². The van der Waals surface area contributed by atoms with Gasteiger partial charge in [0.15, 0.2) is 11.6 Å². The fraction of sp³-hybridized carbons (Fsp3) is 0.696. The van der Waals surface area contributed by atoms with Crippen molar-refractivity contribution in [3.05, 3.63) is 24.1 Å². The molecular formula is C23H30F7N3O6. The van der Waals surface area contributed by atoms with Crippen LogP contribution in [0.5, 0.6) is 0 Å². The Morgan fingerprint density at radius 1 is 0.949 bits per heavy atom. The van der Waals surface area contributed by atoms with E-state index in [-0.39, 0.29) is 11.2 Å². The molecule has 16 heteroatoms. The van der Waals surface area contributed by atoms with Gasteiger partial charge in [-0.3, -0.25) is 4.90 Å². The maximum absolute atomic E-state index is 14.3. The average molecular weight is 577 g/mol. The molecule has 222 valence electrons. The van der Waals surface area contributed by atoms with E-state index < -0.39 is 24.3 Å². The number of nitrogens with zero attached hydrogens (tertiary/aromatic N) is 3. The zero-order chi connectivity index (χ0) is 29.3. The average Bonchev–Trinajstić information content (AvgIpc) is 3.06. The van der Waals surface area contributed by atoms with Gasteiger partial charge in [0.1, 0.15) is 0 Å². The van der Waals surface area contributed by atoms with Crippen LogP contribution < -0.4 is 4.90 Å². The third kappa shape index (κ3) is 10.4. The normalized spacial score (nSPS) is 23.1. The molecule has 2 N–H and O–H groups in total. The summed E-state index contributed by atoms with van der Waals surface area (Å²) in [6.07, 6.45) is -3.94. The number of carbonyl (C=O) groups is 2. The van der Waals surface area contributed by atoms with Crippen LogP contribution in [0.4, 0.5) is 36.6 Å². The van der Waals surface area contributed by atoms with Gasteiger partial charge in [0, 0.05) is 50.5 Å². The monoisotopic (exact) mass is 577 g/mol.